The Kier molecular flexibility index (Phi) is 5.57. The summed E-state index contributed by atoms with van der Waals surface area (Å²) in [5.41, 5.74) is 1.40. The molecule has 0 radical (unpaired) electrons. The van der Waals surface area contributed by atoms with Gasteiger partial charge in [0.05, 0.1) is 12.1 Å². The number of fused-ring (bicyclic) bond motifs is 1. The maximum Gasteiger partial charge on any atom is 0.419 e. The summed E-state index contributed by atoms with van der Waals surface area (Å²) in [4.78, 5) is 22.9. The van der Waals surface area contributed by atoms with E-state index in [2.05, 4.69) is 5.32 Å². The fourth-order valence-electron chi connectivity index (χ4n) is 2.13. The Hall–Kier alpha value is -2.08. The van der Waals surface area contributed by atoms with E-state index in [4.69, 9.17) is 9.15 Å². The van der Waals surface area contributed by atoms with Crippen molar-refractivity contribution in [2.45, 2.75) is 26.3 Å². The average Bonchev–Trinajstić information content (AvgIpc) is 2.79. The van der Waals surface area contributed by atoms with Crippen LogP contribution in [0.5, 0.6) is 0 Å². The molecule has 0 fully saturated rings. The lowest BCUT2D eigenvalue weighted by atomic mass is 10.3. The van der Waals surface area contributed by atoms with Gasteiger partial charge in [0.25, 0.3) is 0 Å². The number of hydrogen-bond acceptors (Lipinski definition) is 5. The summed E-state index contributed by atoms with van der Waals surface area (Å²) in [5, 5.41) is 3.20. The van der Waals surface area contributed by atoms with Gasteiger partial charge in [0.1, 0.15) is 0 Å². The van der Waals surface area contributed by atoms with Crippen molar-refractivity contribution in [2.75, 3.05) is 19.7 Å². The van der Waals surface area contributed by atoms with Crippen LogP contribution >= 0.6 is 0 Å². The van der Waals surface area contributed by atoms with E-state index in [1.165, 1.54) is 0 Å². The third-order valence-corrected chi connectivity index (χ3v) is 3.13. The van der Waals surface area contributed by atoms with Crippen molar-refractivity contribution in [1.29, 1.82) is 0 Å². The predicted octanol–water partition coefficient (Wildman–Crippen LogP) is 1.53. The summed E-state index contributed by atoms with van der Waals surface area (Å²) in [6, 6.07) is 7.35. The first kappa shape index (κ1) is 15.3. The number of carbonyl (C=O) groups excluding carboxylic acids is 1. The van der Waals surface area contributed by atoms with Crippen LogP contribution in [-0.2, 0) is 16.1 Å². The molecule has 0 aliphatic heterocycles. The maximum atomic E-state index is 11.7. The quantitative estimate of drug-likeness (QED) is 0.590. The van der Waals surface area contributed by atoms with Gasteiger partial charge in [0.15, 0.2) is 5.58 Å². The summed E-state index contributed by atoms with van der Waals surface area (Å²) in [7, 11) is 0. The largest absolute Gasteiger partial charge is 0.466 e. The Morgan fingerprint density at radius 2 is 2.14 bits per heavy atom. The average molecular weight is 292 g/mol. The molecule has 0 saturated heterocycles. The Morgan fingerprint density at radius 1 is 1.33 bits per heavy atom. The Balaban J connectivity index is 1.74. The van der Waals surface area contributed by atoms with Gasteiger partial charge in [-0.3, -0.25) is 9.36 Å². The lowest BCUT2D eigenvalue weighted by Crippen LogP contribution is -2.25. The van der Waals surface area contributed by atoms with Gasteiger partial charge in [-0.1, -0.05) is 12.1 Å². The first-order valence-electron chi connectivity index (χ1n) is 7.17. The van der Waals surface area contributed by atoms with E-state index >= 15 is 0 Å². The van der Waals surface area contributed by atoms with Crippen LogP contribution in [0.25, 0.3) is 11.1 Å². The molecule has 2 aromatic rings. The van der Waals surface area contributed by atoms with Crippen molar-refractivity contribution in [3.05, 3.63) is 34.8 Å². The standard InChI is InChI=1S/C15H20N2O4/c1-2-20-14(18)8-5-9-16-10-11-17-12-6-3-4-7-13(12)21-15(17)19/h3-4,6-7,16H,2,5,8-11H2,1H3. The molecule has 1 aromatic carbocycles. The number of para-hydroxylation sites is 2. The van der Waals surface area contributed by atoms with Crippen LogP contribution in [0.15, 0.2) is 33.5 Å². The highest BCUT2D eigenvalue weighted by atomic mass is 16.5. The number of benzene rings is 1. The molecule has 0 unspecified atom stereocenters. The molecular formula is C15H20N2O4. The molecule has 0 spiro atoms. The molecule has 2 rings (SSSR count). The van der Waals surface area contributed by atoms with E-state index in [-0.39, 0.29) is 11.7 Å². The van der Waals surface area contributed by atoms with Gasteiger partial charge in [0, 0.05) is 19.5 Å². The van der Waals surface area contributed by atoms with Crippen molar-refractivity contribution < 1.29 is 13.9 Å². The zero-order chi connectivity index (χ0) is 15.1. The molecule has 6 heteroatoms. The van der Waals surface area contributed by atoms with Crippen LogP contribution in [0.4, 0.5) is 0 Å². The van der Waals surface area contributed by atoms with Crippen molar-refractivity contribution in [2.24, 2.45) is 0 Å². The van der Waals surface area contributed by atoms with Crippen molar-refractivity contribution in [3.8, 4) is 0 Å². The zero-order valence-electron chi connectivity index (χ0n) is 12.1. The Bertz CT molecular complexity index is 644. The number of rotatable bonds is 8. The topological polar surface area (TPSA) is 73.5 Å². The van der Waals surface area contributed by atoms with Crippen LogP contribution in [-0.4, -0.2) is 30.2 Å². The lowest BCUT2D eigenvalue weighted by Gasteiger charge is -2.05. The number of nitrogens with one attached hydrogen (secondary N) is 1. The third kappa shape index (κ3) is 4.19. The molecule has 0 amide bonds. The summed E-state index contributed by atoms with van der Waals surface area (Å²) >= 11 is 0. The Morgan fingerprint density at radius 3 is 2.95 bits per heavy atom. The minimum Gasteiger partial charge on any atom is -0.466 e. The van der Waals surface area contributed by atoms with Gasteiger partial charge < -0.3 is 14.5 Å². The van der Waals surface area contributed by atoms with Crippen LogP contribution < -0.4 is 11.1 Å². The van der Waals surface area contributed by atoms with Gasteiger partial charge in [-0.15, -0.1) is 0 Å². The van der Waals surface area contributed by atoms with Crippen LogP contribution in [0.2, 0.25) is 0 Å². The van der Waals surface area contributed by atoms with Gasteiger partial charge in [-0.25, -0.2) is 4.79 Å². The minimum absolute atomic E-state index is 0.170. The van der Waals surface area contributed by atoms with E-state index in [9.17, 15) is 9.59 Å². The third-order valence-electron chi connectivity index (χ3n) is 3.13. The molecule has 114 valence electrons. The Labute approximate surface area is 122 Å². The van der Waals surface area contributed by atoms with E-state index in [0.717, 1.165) is 11.9 Å². The van der Waals surface area contributed by atoms with E-state index < -0.39 is 0 Å². The van der Waals surface area contributed by atoms with Crippen molar-refractivity contribution in [1.82, 2.24) is 9.88 Å². The summed E-state index contributed by atoms with van der Waals surface area (Å²) in [5.74, 6) is -0.513. The second-order valence-electron chi connectivity index (χ2n) is 4.65. The van der Waals surface area contributed by atoms with Gasteiger partial charge >= 0.3 is 11.7 Å². The number of aromatic nitrogens is 1. The lowest BCUT2D eigenvalue weighted by molar-refractivity contribution is -0.143. The van der Waals surface area contributed by atoms with Crippen LogP contribution in [0.3, 0.4) is 0 Å². The molecule has 1 heterocycles. The number of hydrogen-bond donors (Lipinski definition) is 1. The molecule has 6 nitrogen and oxygen atoms in total. The monoisotopic (exact) mass is 292 g/mol. The normalized spacial score (nSPS) is 10.9. The molecule has 0 aliphatic carbocycles. The molecule has 1 aromatic heterocycles. The van der Waals surface area contributed by atoms with E-state index in [0.29, 0.717) is 38.2 Å². The molecular weight excluding hydrogens is 272 g/mol. The second-order valence-corrected chi connectivity index (χ2v) is 4.65. The summed E-state index contributed by atoms with van der Waals surface area (Å²) in [6.07, 6.45) is 1.13. The van der Waals surface area contributed by atoms with Gasteiger partial charge in [0.2, 0.25) is 0 Å². The molecule has 0 atom stereocenters. The number of carbonyl (C=O) groups is 1. The highest BCUT2D eigenvalue weighted by molar-refractivity contribution is 5.72. The molecule has 0 saturated carbocycles. The maximum absolute atomic E-state index is 11.7. The van der Waals surface area contributed by atoms with E-state index in [1.807, 2.05) is 18.2 Å². The number of esters is 1. The van der Waals surface area contributed by atoms with Crippen molar-refractivity contribution in [3.63, 3.8) is 0 Å². The van der Waals surface area contributed by atoms with Crippen LogP contribution in [0.1, 0.15) is 19.8 Å². The molecule has 0 bridgehead atoms. The van der Waals surface area contributed by atoms with Crippen molar-refractivity contribution >= 4 is 17.1 Å². The summed E-state index contributed by atoms with van der Waals surface area (Å²) < 4.78 is 11.6. The van der Waals surface area contributed by atoms with Crippen LogP contribution in [0, 0.1) is 0 Å². The zero-order valence-corrected chi connectivity index (χ0v) is 12.1. The minimum atomic E-state index is -0.343. The van der Waals surface area contributed by atoms with E-state index in [1.54, 1.807) is 17.6 Å². The molecule has 21 heavy (non-hydrogen) atoms. The molecule has 0 aliphatic rings. The SMILES string of the molecule is CCOC(=O)CCCNCCn1c(=O)oc2ccccc21. The number of nitrogens with zero attached hydrogens (tertiary/aromatic N) is 1. The first-order valence-corrected chi connectivity index (χ1v) is 7.17. The number of oxazole rings is 1. The van der Waals surface area contributed by atoms with Gasteiger partial charge in [-0.2, -0.15) is 0 Å². The van der Waals surface area contributed by atoms with Gasteiger partial charge in [-0.05, 0) is 32.0 Å². The molecule has 1 N–H and O–H groups in total. The predicted molar refractivity (Wildman–Crippen MR) is 79.2 cm³/mol. The fourth-order valence-corrected chi connectivity index (χ4v) is 2.13. The highest BCUT2D eigenvalue weighted by Crippen LogP contribution is 2.10. The summed E-state index contributed by atoms with van der Waals surface area (Å²) in [6.45, 7) is 4.11. The second kappa shape index (κ2) is 7.64. The highest BCUT2D eigenvalue weighted by Gasteiger charge is 2.07. The smallest absolute Gasteiger partial charge is 0.419 e. The first-order chi connectivity index (χ1) is 10.2. The fraction of sp³-hybridized carbons (Fsp3) is 0.467. The number of ether oxygens (including phenoxy) is 1.